The summed E-state index contributed by atoms with van der Waals surface area (Å²) in [6, 6.07) is 8.68. The van der Waals surface area contributed by atoms with Crippen molar-refractivity contribution < 1.29 is 4.74 Å². The zero-order chi connectivity index (χ0) is 15.2. The van der Waals surface area contributed by atoms with Crippen molar-refractivity contribution in [3.8, 4) is 5.75 Å². The molecule has 1 fully saturated rings. The Morgan fingerprint density at radius 3 is 2.48 bits per heavy atom. The Labute approximate surface area is 128 Å². The fourth-order valence-corrected chi connectivity index (χ4v) is 2.95. The molecule has 0 aliphatic carbocycles. The Morgan fingerprint density at radius 1 is 1.19 bits per heavy atom. The van der Waals surface area contributed by atoms with Gasteiger partial charge in [-0.15, -0.1) is 0 Å². The van der Waals surface area contributed by atoms with Crippen molar-refractivity contribution in [1.29, 1.82) is 0 Å². The van der Waals surface area contributed by atoms with Gasteiger partial charge in [-0.2, -0.15) is 0 Å². The monoisotopic (exact) mass is 291 g/mol. The van der Waals surface area contributed by atoms with Crippen LogP contribution in [0.2, 0.25) is 0 Å². The zero-order valence-electron chi connectivity index (χ0n) is 13.6. The number of ether oxygens (including phenoxy) is 1. The smallest absolute Gasteiger partial charge is 0.120 e. The predicted molar refractivity (Wildman–Crippen MR) is 87.7 cm³/mol. The van der Waals surface area contributed by atoms with Crippen molar-refractivity contribution in [3.63, 3.8) is 0 Å². The first kappa shape index (κ1) is 16.3. The lowest BCUT2D eigenvalue weighted by molar-refractivity contribution is 0.102. The van der Waals surface area contributed by atoms with Crippen LogP contribution in [0.1, 0.15) is 32.4 Å². The van der Waals surface area contributed by atoms with Gasteiger partial charge in [0.2, 0.25) is 0 Å². The Morgan fingerprint density at radius 2 is 1.90 bits per heavy atom. The van der Waals surface area contributed by atoms with E-state index in [9.17, 15) is 0 Å². The molecule has 4 heteroatoms. The van der Waals surface area contributed by atoms with Crippen molar-refractivity contribution in [2.24, 2.45) is 5.73 Å². The van der Waals surface area contributed by atoms with Gasteiger partial charge in [0.05, 0.1) is 6.10 Å². The van der Waals surface area contributed by atoms with Crippen molar-refractivity contribution in [1.82, 2.24) is 9.80 Å². The van der Waals surface area contributed by atoms with E-state index < -0.39 is 0 Å². The molecule has 0 spiro atoms. The summed E-state index contributed by atoms with van der Waals surface area (Å²) < 4.78 is 5.80. The first-order valence-electron chi connectivity index (χ1n) is 8.07. The van der Waals surface area contributed by atoms with Crippen LogP contribution >= 0.6 is 0 Å². The lowest BCUT2D eigenvalue weighted by Gasteiger charge is -2.38. The third-order valence-corrected chi connectivity index (χ3v) is 4.13. The summed E-state index contributed by atoms with van der Waals surface area (Å²) in [6.45, 7) is 12.6. The summed E-state index contributed by atoms with van der Waals surface area (Å²) in [5, 5.41) is 0. The topological polar surface area (TPSA) is 41.7 Å². The molecule has 0 bridgehead atoms. The molecule has 118 valence electrons. The van der Waals surface area contributed by atoms with E-state index in [0.717, 1.165) is 38.5 Å². The van der Waals surface area contributed by atoms with E-state index >= 15 is 0 Å². The molecule has 0 radical (unpaired) electrons. The van der Waals surface area contributed by atoms with Gasteiger partial charge in [0, 0.05) is 38.8 Å². The van der Waals surface area contributed by atoms with Gasteiger partial charge in [-0.1, -0.05) is 19.1 Å². The van der Waals surface area contributed by atoms with Gasteiger partial charge in [-0.25, -0.2) is 0 Å². The lowest BCUT2D eigenvalue weighted by atomic mass is 10.0. The van der Waals surface area contributed by atoms with Crippen LogP contribution in [-0.4, -0.2) is 55.2 Å². The van der Waals surface area contributed by atoms with E-state index in [4.69, 9.17) is 10.5 Å². The minimum atomic E-state index is 0.199. The Balaban J connectivity index is 2.07. The van der Waals surface area contributed by atoms with Crippen LogP contribution in [0.5, 0.6) is 5.75 Å². The molecular formula is C17H29N3O. The van der Waals surface area contributed by atoms with Gasteiger partial charge >= 0.3 is 0 Å². The Kier molecular flexibility index (Phi) is 6.03. The molecule has 0 aromatic heterocycles. The third kappa shape index (κ3) is 4.43. The Hall–Kier alpha value is -1.10. The molecular weight excluding hydrogens is 262 g/mol. The SMILES string of the molecule is CCN1CCN(C(CN)c2cccc(OC(C)C)c2)CC1. The van der Waals surface area contributed by atoms with Gasteiger partial charge in [-0.3, -0.25) is 4.90 Å². The fraction of sp³-hybridized carbons (Fsp3) is 0.647. The second-order valence-corrected chi connectivity index (χ2v) is 5.96. The van der Waals surface area contributed by atoms with E-state index in [-0.39, 0.29) is 6.10 Å². The normalized spacial score (nSPS) is 18.9. The second kappa shape index (κ2) is 7.78. The van der Waals surface area contributed by atoms with Gasteiger partial charge in [0.15, 0.2) is 0 Å². The molecule has 2 N–H and O–H groups in total. The van der Waals surface area contributed by atoms with Gasteiger partial charge < -0.3 is 15.4 Å². The van der Waals surface area contributed by atoms with Crippen LogP contribution in [0, 0.1) is 0 Å². The first-order chi connectivity index (χ1) is 10.1. The van der Waals surface area contributed by atoms with Crippen molar-refractivity contribution in [2.75, 3.05) is 39.3 Å². The van der Waals surface area contributed by atoms with Gasteiger partial charge in [0.25, 0.3) is 0 Å². The summed E-state index contributed by atoms with van der Waals surface area (Å²) in [5.41, 5.74) is 7.32. The molecule has 2 rings (SSSR count). The number of benzene rings is 1. The molecule has 1 unspecified atom stereocenters. The average molecular weight is 291 g/mol. The van der Waals surface area contributed by atoms with E-state index in [0.29, 0.717) is 12.6 Å². The van der Waals surface area contributed by atoms with Crippen LogP contribution in [0.3, 0.4) is 0 Å². The first-order valence-corrected chi connectivity index (χ1v) is 8.07. The number of rotatable bonds is 6. The van der Waals surface area contributed by atoms with E-state index in [1.54, 1.807) is 0 Å². The summed E-state index contributed by atoms with van der Waals surface area (Å²) >= 11 is 0. The molecule has 21 heavy (non-hydrogen) atoms. The largest absolute Gasteiger partial charge is 0.491 e. The number of nitrogens with two attached hydrogens (primary N) is 1. The number of piperazine rings is 1. The highest BCUT2D eigenvalue weighted by atomic mass is 16.5. The van der Waals surface area contributed by atoms with Crippen LogP contribution in [-0.2, 0) is 0 Å². The van der Waals surface area contributed by atoms with E-state index in [1.807, 2.05) is 6.07 Å². The molecule has 1 aromatic carbocycles. The van der Waals surface area contributed by atoms with Gasteiger partial charge in [0.1, 0.15) is 5.75 Å². The molecule has 0 saturated carbocycles. The number of hydrogen-bond acceptors (Lipinski definition) is 4. The van der Waals surface area contributed by atoms with Crippen molar-refractivity contribution in [3.05, 3.63) is 29.8 Å². The van der Waals surface area contributed by atoms with Crippen LogP contribution < -0.4 is 10.5 Å². The third-order valence-electron chi connectivity index (χ3n) is 4.13. The van der Waals surface area contributed by atoms with E-state index in [2.05, 4.69) is 48.8 Å². The second-order valence-electron chi connectivity index (χ2n) is 5.96. The molecule has 1 saturated heterocycles. The molecule has 1 atom stereocenters. The highest BCUT2D eigenvalue weighted by molar-refractivity contribution is 5.31. The number of hydrogen-bond donors (Lipinski definition) is 1. The predicted octanol–water partition coefficient (Wildman–Crippen LogP) is 2.11. The highest BCUT2D eigenvalue weighted by Gasteiger charge is 2.23. The minimum absolute atomic E-state index is 0.199. The molecule has 1 heterocycles. The standard InChI is InChI=1S/C17H29N3O/c1-4-19-8-10-20(11-9-19)17(13-18)15-6-5-7-16(12-15)21-14(2)3/h5-7,12,14,17H,4,8-11,13,18H2,1-3H3. The quantitative estimate of drug-likeness (QED) is 0.871. The van der Waals surface area contributed by atoms with Crippen LogP contribution in [0.25, 0.3) is 0 Å². The maximum absolute atomic E-state index is 6.06. The van der Waals surface area contributed by atoms with Crippen molar-refractivity contribution in [2.45, 2.75) is 32.9 Å². The van der Waals surface area contributed by atoms with Crippen LogP contribution in [0.4, 0.5) is 0 Å². The summed E-state index contributed by atoms with van der Waals surface area (Å²) in [4.78, 5) is 4.99. The van der Waals surface area contributed by atoms with Crippen molar-refractivity contribution >= 4 is 0 Å². The summed E-state index contributed by atoms with van der Waals surface area (Å²) in [5.74, 6) is 0.938. The zero-order valence-corrected chi connectivity index (χ0v) is 13.6. The average Bonchev–Trinajstić information content (AvgIpc) is 2.48. The molecule has 4 nitrogen and oxygen atoms in total. The number of nitrogens with zero attached hydrogens (tertiary/aromatic N) is 2. The molecule has 1 aliphatic rings. The van der Waals surface area contributed by atoms with Gasteiger partial charge in [-0.05, 0) is 38.1 Å². The summed E-state index contributed by atoms with van der Waals surface area (Å²) in [7, 11) is 0. The van der Waals surface area contributed by atoms with Crippen LogP contribution in [0.15, 0.2) is 24.3 Å². The lowest BCUT2D eigenvalue weighted by Crippen LogP contribution is -2.48. The fourth-order valence-electron chi connectivity index (χ4n) is 2.95. The molecule has 0 amide bonds. The van der Waals surface area contributed by atoms with E-state index in [1.165, 1.54) is 5.56 Å². The number of likely N-dealkylation sites (N-methyl/N-ethyl adjacent to an activating group) is 1. The molecule has 1 aromatic rings. The maximum atomic E-state index is 6.06. The summed E-state index contributed by atoms with van der Waals surface area (Å²) in [6.07, 6.45) is 0.199. The Bertz CT molecular complexity index is 428. The molecule has 1 aliphatic heterocycles. The minimum Gasteiger partial charge on any atom is -0.491 e. The maximum Gasteiger partial charge on any atom is 0.120 e. The highest BCUT2D eigenvalue weighted by Crippen LogP contribution is 2.25.